The van der Waals surface area contributed by atoms with E-state index in [1.54, 1.807) is 23.1 Å². The maximum Gasteiger partial charge on any atom is 0.237 e. The normalized spacial score (nSPS) is 20.2. The van der Waals surface area contributed by atoms with Gasteiger partial charge in [0.1, 0.15) is 0 Å². The SMILES string of the molecule is CSCC[C@@H](N)C(=O)NC1CCCc2sccc21. The van der Waals surface area contributed by atoms with Crippen LogP contribution in [0.2, 0.25) is 0 Å². The largest absolute Gasteiger partial charge is 0.348 e. The summed E-state index contributed by atoms with van der Waals surface area (Å²) in [5, 5.41) is 5.22. The molecule has 0 aromatic carbocycles. The van der Waals surface area contributed by atoms with Gasteiger partial charge in [0.2, 0.25) is 5.91 Å². The highest BCUT2D eigenvalue weighted by Crippen LogP contribution is 2.33. The fraction of sp³-hybridized carbons (Fsp3) is 0.615. The molecule has 100 valence electrons. The highest BCUT2D eigenvalue weighted by Gasteiger charge is 2.24. The number of amides is 1. The molecule has 3 nitrogen and oxygen atoms in total. The molecule has 3 N–H and O–H groups in total. The number of aryl methyl sites for hydroxylation is 1. The number of thiophene rings is 1. The summed E-state index contributed by atoms with van der Waals surface area (Å²) in [5.41, 5.74) is 7.20. The van der Waals surface area contributed by atoms with Crippen LogP contribution in [0.15, 0.2) is 11.4 Å². The molecule has 1 aliphatic carbocycles. The summed E-state index contributed by atoms with van der Waals surface area (Å²) >= 11 is 3.52. The van der Waals surface area contributed by atoms with Crippen LogP contribution in [0.5, 0.6) is 0 Å². The number of fused-ring (bicyclic) bond motifs is 1. The van der Waals surface area contributed by atoms with Crippen molar-refractivity contribution in [1.29, 1.82) is 0 Å². The third-order valence-corrected chi connectivity index (χ3v) is 4.98. The first kappa shape index (κ1) is 13.9. The minimum atomic E-state index is -0.374. The van der Waals surface area contributed by atoms with Crippen molar-refractivity contribution < 1.29 is 4.79 Å². The first-order chi connectivity index (χ1) is 8.72. The molecular weight excluding hydrogens is 264 g/mol. The fourth-order valence-corrected chi connectivity index (χ4v) is 3.77. The van der Waals surface area contributed by atoms with Crippen molar-refractivity contribution in [1.82, 2.24) is 5.32 Å². The van der Waals surface area contributed by atoms with Crippen LogP contribution in [0, 0.1) is 0 Å². The topological polar surface area (TPSA) is 55.1 Å². The Morgan fingerprint density at radius 1 is 1.72 bits per heavy atom. The van der Waals surface area contributed by atoms with E-state index in [0.29, 0.717) is 0 Å². The average Bonchev–Trinajstić information content (AvgIpc) is 2.85. The third kappa shape index (κ3) is 3.28. The van der Waals surface area contributed by atoms with Crippen LogP contribution in [-0.2, 0) is 11.2 Å². The smallest absolute Gasteiger partial charge is 0.237 e. The number of nitrogens with two attached hydrogens (primary N) is 1. The van der Waals surface area contributed by atoms with E-state index in [1.165, 1.54) is 10.4 Å². The van der Waals surface area contributed by atoms with Crippen molar-refractivity contribution in [3.05, 3.63) is 21.9 Å². The Labute approximate surface area is 117 Å². The Hall–Kier alpha value is -0.520. The summed E-state index contributed by atoms with van der Waals surface area (Å²) in [5.74, 6) is 0.927. The molecule has 0 fully saturated rings. The lowest BCUT2D eigenvalue weighted by molar-refractivity contribution is -0.123. The quantitative estimate of drug-likeness (QED) is 0.872. The Bertz CT molecular complexity index is 405. The third-order valence-electron chi connectivity index (χ3n) is 3.34. The molecule has 0 saturated carbocycles. The maximum absolute atomic E-state index is 12.0. The van der Waals surface area contributed by atoms with Gasteiger partial charge < -0.3 is 11.1 Å². The molecule has 0 radical (unpaired) electrons. The van der Waals surface area contributed by atoms with Crippen LogP contribution in [0.25, 0.3) is 0 Å². The van der Waals surface area contributed by atoms with E-state index < -0.39 is 0 Å². The monoisotopic (exact) mass is 284 g/mol. The summed E-state index contributed by atoms with van der Waals surface area (Å²) < 4.78 is 0. The summed E-state index contributed by atoms with van der Waals surface area (Å²) in [6.07, 6.45) is 6.11. The summed E-state index contributed by atoms with van der Waals surface area (Å²) in [6.45, 7) is 0. The number of hydrogen-bond donors (Lipinski definition) is 2. The minimum absolute atomic E-state index is 0.00639. The van der Waals surface area contributed by atoms with Gasteiger partial charge in [0, 0.05) is 4.88 Å². The van der Waals surface area contributed by atoms with Crippen LogP contribution in [0.1, 0.15) is 35.7 Å². The molecule has 1 aromatic rings. The van der Waals surface area contributed by atoms with Crippen molar-refractivity contribution in [2.24, 2.45) is 5.73 Å². The Morgan fingerprint density at radius 3 is 3.33 bits per heavy atom. The molecule has 1 heterocycles. The van der Waals surface area contributed by atoms with E-state index in [9.17, 15) is 4.79 Å². The predicted molar refractivity (Wildman–Crippen MR) is 79.1 cm³/mol. The van der Waals surface area contributed by atoms with Gasteiger partial charge in [-0.2, -0.15) is 11.8 Å². The standard InChI is InChI=1S/C13H20N2OS2/c1-17-7-6-10(14)13(16)15-11-3-2-4-12-9(11)5-8-18-12/h5,8,10-11H,2-4,6-7,14H2,1H3,(H,15,16)/t10-,11?/m1/s1. The molecule has 1 aromatic heterocycles. The summed E-state index contributed by atoms with van der Waals surface area (Å²) in [6, 6.07) is 1.94. The molecule has 0 saturated heterocycles. The molecule has 1 aliphatic rings. The van der Waals surface area contributed by atoms with Gasteiger partial charge in [0.25, 0.3) is 0 Å². The summed E-state index contributed by atoms with van der Waals surface area (Å²) in [4.78, 5) is 13.4. The zero-order chi connectivity index (χ0) is 13.0. The van der Waals surface area contributed by atoms with E-state index in [2.05, 4.69) is 16.8 Å². The molecule has 0 aliphatic heterocycles. The summed E-state index contributed by atoms with van der Waals surface area (Å²) in [7, 11) is 0. The van der Waals surface area contributed by atoms with Gasteiger partial charge in [0.15, 0.2) is 0 Å². The number of thioether (sulfide) groups is 1. The fourth-order valence-electron chi connectivity index (χ4n) is 2.29. The molecule has 2 rings (SSSR count). The van der Waals surface area contributed by atoms with Gasteiger partial charge in [-0.1, -0.05) is 0 Å². The van der Waals surface area contributed by atoms with Gasteiger partial charge in [-0.3, -0.25) is 4.79 Å². The average molecular weight is 284 g/mol. The van der Waals surface area contributed by atoms with Crippen molar-refractivity contribution in [3.8, 4) is 0 Å². The lowest BCUT2D eigenvalue weighted by Crippen LogP contribution is -2.43. The molecule has 0 spiro atoms. The van der Waals surface area contributed by atoms with Crippen LogP contribution >= 0.6 is 23.1 Å². The first-order valence-corrected chi connectivity index (χ1v) is 8.61. The van der Waals surface area contributed by atoms with Crippen molar-refractivity contribution in [2.75, 3.05) is 12.0 Å². The lowest BCUT2D eigenvalue weighted by Gasteiger charge is -2.25. The Morgan fingerprint density at radius 2 is 2.56 bits per heavy atom. The maximum atomic E-state index is 12.0. The molecule has 0 bridgehead atoms. The van der Waals surface area contributed by atoms with Crippen molar-refractivity contribution in [3.63, 3.8) is 0 Å². The van der Waals surface area contributed by atoms with Gasteiger partial charge in [-0.25, -0.2) is 0 Å². The van der Waals surface area contributed by atoms with Crippen molar-refractivity contribution in [2.45, 2.75) is 37.8 Å². The highest BCUT2D eigenvalue weighted by atomic mass is 32.2. The van der Waals surface area contributed by atoms with Crippen LogP contribution in [0.3, 0.4) is 0 Å². The van der Waals surface area contributed by atoms with Crippen LogP contribution in [0.4, 0.5) is 0 Å². The highest BCUT2D eigenvalue weighted by molar-refractivity contribution is 7.98. The molecular formula is C13H20N2OS2. The van der Waals surface area contributed by atoms with E-state index in [4.69, 9.17) is 5.73 Å². The van der Waals surface area contributed by atoms with E-state index in [1.807, 2.05) is 6.26 Å². The molecule has 1 unspecified atom stereocenters. The Balaban J connectivity index is 1.93. The lowest BCUT2D eigenvalue weighted by atomic mass is 9.94. The van der Waals surface area contributed by atoms with Gasteiger partial charge >= 0.3 is 0 Å². The van der Waals surface area contributed by atoms with Crippen LogP contribution in [-0.4, -0.2) is 24.0 Å². The van der Waals surface area contributed by atoms with Crippen LogP contribution < -0.4 is 11.1 Å². The molecule has 18 heavy (non-hydrogen) atoms. The predicted octanol–water partition coefficient (Wildman–Crippen LogP) is 2.32. The second kappa shape index (κ2) is 6.59. The van der Waals surface area contributed by atoms with E-state index in [-0.39, 0.29) is 18.0 Å². The number of carbonyl (C=O) groups excluding carboxylic acids is 1. The number of nitrogens with one attached hydrogen (secondary N) is 1. The van der Waals surface area contributed by atoms with E-state index in [0.717, 1.165) is 31.4 Å². The van der Waals surface area contributed by atoms with E-state index >= 15 is 0 Å². The minimum Gasteiger partial charge on any atom is -0.348 e. The number of rotatable bonds is 5. The van der Waals surface area contributed by atoms with Crippen molar-refractivity contribution >= 4 is 29.0 Å². The molecule has 2 atom stereocenters. The molecule has 5 heteroatoms. The Kier molecular flexibility index (Phi) is 5.09. The zero-order valence-electron chi connectivity index (χ0n) is 10.6. The van der Waals surface area contributed by atoms with Gasteiger partial charge in [0.05, 0.1) is 12.1 Å². The number of hydrogen-bond acceptors (Lipinski definition) is 4. The second-order valence-electron chi connectivity index (χ2n) is 4.64. The molecule has 1 amide bonds. The van der Waals surface area contributed by atoms with Gasteiger partial charge in [-0.15, -0.1) is 11.3 Å². The van der Waals surface area contributed by atoms with Gasteiger partial charge in [-0.05, 0) is 54.7 Å². The zero-order valence-corrected chi connectivity index (χ0v) is 12.3. The number of carbonyl (C=O) groups is 1. The second-order valence-corrected chi connectivity index (χ2v) is 6.63. The first-order valence-electron chi connectivity index (χ1n) is 6.33.